The van der Waals surface area contributed by atoms with Crippen molar-refractivity contribution in [3.63, 3.8) is 0 Å². The number of urea groups is 1. The molecule has 2 aromatic rings. The van der Waals surface area contributed by atoms with Gasteiger partial charge in [-0.2, -0.15) is 0 Å². The van der Waals surface area contributed by atoms with E-state index in [-0.39, 0.29) is 24.4 Å². The molecule has 114 valence electrons. The fraction of sp³-hybridized carbons (Fsp3) is 0.353. The van der Waals surface area contributed by atoms with Crippen molar-refractivity contribution in [2.45, 2.75) is 32.9 Å². The Kier molecular flexibility index (Phi) is 3.35. The third-order valence-electron chi connectivity index (χ3n) is 4.50. The van der Waals surface area contributed by atoms with E-state index in [9.17, 15) is 9.59 Å². The van der Waals surface area contributed by atoms with Crippen LogP contribution in [-0.4, -0.2) is 27.4 Å². The summed E-state index contributed by atoms with van der Waals surface area (Å²) in [6, 6.07) is 9.29. The molecule has 1 fully saturated rings. The van der Waals surface area contributed by atoms with Crippen LogP contribution < -0.4 is 5.32 Å². The maximum absolute atomic E-state index is 12.6. The van der Waals surface area contributed by atoms with Crippen molar-refractivity contribution in [2.24, 2.45) is 5.92 Å². The second-order valence-electron chi connectivity index (χ2n) is 6.17. The Morgan fingerprint density at radius 3 is 2.64 bits per heavy atom. The van der Waals surface area contributed by atoms with Crippen LogP contribution in [0.5, 0.6) is 0 Å². The molecule has 0 saturated carbocycles. The van der Waals surface area contributed by atoms with Gasteiger partial charge in [0.15, 0.2) is 0 Å². The van der Waals surface area contributed by atoms with Crippen LogP contribution in [0.15, 0.2) is 36.5 Å². The SMILES string of the molecule is CC(C)C1(C)NC(=O)N(Cc2cccc3cccnc23)C1=O. The highest BCUT2D eigenvalue weighted by Crippen LogP contribution is 2.27. The lowest BCUT2D eigenvalue weighted by Gasteiger charge is -2.25. The molecule has 1 unspecified atom stereocenters. The molecular formula is C17H19N3O2. The molecule has 1 aromatic heterocycles. The molecule has 2 heterocycles. The van der Waals surface area contributed by atoms with Gasteiger partial charge in [0, 0.05) is 11.6 Å². The lowest BCUT2D eigenvalue weighted by molar-refractivity contribution is -0.132. The maximum atomic E-state index is 12.6. The molecule has 22 heavy (non-hydrogen) atoms. The molecule has 5 nitrogen and oxygen atoms in total. The number of benzene rings is 1. The first kappa shape index (κ1) is 14.5. The van der Waals surface area contributed by atoms with Crippen molar-refractivity contribution in [1.29, 1.82) is 0 Å². The summed E-state index contributed by atoms with van der Waals surface area (Å²) in [5.41, 5.74) is 0.855. The Hall–Kier alpha value is -2.43. The minimum Gasteiger partial charge on any atom is -0.323 e. The number of para-hydroxylation sites is 1. The van der Waals surface area contributed by atoms with Crippen LogP contribution in [0.1, 0.15) is 26.3 Å². The van der Waals surface area contributed by atoms with Crippen molar-refractivity contribution < 1.29 is 9.59 Å². The standard InChI is InChI=1S/C17H19N3O2/c1-11(2)17(3)15(21)20(16(22)19-17)10-13-7-4-6-12-8-5-9-18-14(12)13/h4-9,11H,10H2,1-3H3,(H,19,22). The Morgan fingerprint density at radius 1 is 1.23 bits per heavy atom. The predicted octanol–water partition coefficient (Wildman–Crippen LogP) is 2.70. The van der Waals surface area contributed by atoms with E-state index in [1.165, 1.54) is 4.90 Å². The highest BCUT2D eigenvalue weighted by Gasteiger charge is 2.49. The largest absolute Gasteiger partial charge is 0.325 e. The zero-order chi connectivity index (χ0) is 15.9. The van der Waals surface area contributed by atoms with Gasteiger partial charge in [-0.15, -0.1) is 0 Å². The molecule has 3 amide bonds. The Morgan fingerprint density at radius 2 is 1.95 bits per heavy atom. The van der Waals surface area contributed by atoms with Gasteiger partial charge in [0.05, 0.1) is 12.1 Å². The normalized spacial score (nSPS) is 21.7. The van der Waals surface area contributed by atoms with Crippen molar-refractivity contribution in [3.8, 4) is 0 Å². The van der Waals surface area contributed by atoms with Crippen molar-refractivity contribution >= 4 is 22.8 Å². The summed E-state index contributed by atoms with van der Waals surface area (Å²) in [6.45, 7) is 5.88. The highest BCUT2D eigenvalue weighted by molar-refractivity contribution is 6.07. The number of hydrogen-bond acceptors (Lipinski definition) is 3. The number of rotatable bonds is 3. The van der Waals surface area contributed by atoms with E-state index in [0.29, 0.717) is 0 Å². The van der Waals surface area contributed by atoms with Crippen LogP contribution in [0.25, 0.3) is 10.9 Å². The lowest BCUT2D eigenvalue weighted by Crippen LogP contribution is -2.48. The van der Waals surface area contributed by atoms with Gasteiger partial charge >= 0.3 is 6.03 Å². The molecule has 1 aliphatic rings. The topological polar surface area (TPSA) is 62.3 Å². The number of imide groups is 1. The van der Waals surface area contributed by atoms with Gasteiger partial charge in [0.1, 0.15) is 5.54 Å². The van der Waals surface area contributed by atoms with Crippen LogP contribution in [-0.2, 0) is 11.3 Å². The maximum Gasteiger partial charge on any atom is 0.325 e. The first-order chi connectivity index (χ1) is 10.4. The number of nitrogens with zero attached hydrogens (tertiary/aromatic N) is 2. The third-order valence-corrected chi connectivity index (χ3v) is 4.50. The fourth-order valence-corrected chi connectivity index (χ4v) is 2.72. The summed E-state index contributed by atoms with van der Waals surface area (Å²) in [6.07, 6.45) is 1.72. The molecule has 1 saturated heterocycles. The van der Waals surface area contributed by atoms with Crippen molar-refractivity contribution in [2.75, 3.05) is 0 Å². The summed E-state index contributed by atoms with van der Waals surface area (Å²) in [7, 11) is 0. The summed E-state index contributed by atoms with van der Waals surface area (Å²) >= 11 is 0. The molecule has 0 spiro atoms. The van der Waals surface area contributed by atoms with Crippen molar-refractivity contribution in [1.82, 2.24) is 15.2 Å². The first-order valence-corrected chi connectivity index (χ1v) is 7.40. The molecule has 0 radical (unpaired) electrons. The number of carbonyl (C=O) groups excluding carboxylic acids is 2. The molecule has 0 bridgehead atoms. The van der Waals surface area contributed by atoms with Crippen LogP contribution in [0.2, 0.25) is 0 Å². The molecule has 1 aliphatic heterocycles. The van der Waals surface area contributed by atoms with Gasteiger partial charge in [-0.25, -0.2) is 4.79 Å². The van der Waals surface area contributed by atoms with E-state index in [1.807, 2.05) is 44.2 Å². The second kappa shape index (κ2) is 5.09. The van der Waals surface area contributed by atoms with Gasteiger partial charge in [-0.05, 0) is 24.5 Å². The summed E-state index contributed by atoms with van der Waals surface area (Å²) < 4.78 is 0. The van der Waals surface area contributed by atoms with E-state index in [2.05, 4.69) is 10.3 Å². The quantitative estimate of drug-likeness (QED) is 0.886. The predicted molar refractivity (Wildman–Crippen MR) is 84.1 cm³/mol. The van der Waals surface area contributed by atoms with Crippen molar-refractivity contribution in [3.05, 3.63) is 42.1 Å². The Labute approximate surface area is 129 Å². The molecule has 3 rings (SSSR count). The number of carbonyl (C=O) groups is 2. The van der Waals surface area contributed by atoms with E-state index >= 15 is 0 Å². The number of pyridine rings is 1. The molecule has 1 N–H and O–H groups in total. The van der Waals surface area contributed by atoms with Gasteiger partial charge < -0.3 is 5.32 Å². The highest BCUT2D eigenvalue weighted by atomic mass is 16.2. The zero-order valence-corrected chi connectivity index (χ0v) is 13.0. The smallest absolute Gasteiger partial charge is 0.323 e. The van der Waals surface area contributed by atoms with Gasteiger partial charge in [0.25, 0.3) is 5.91 Å². The summed E-state index contributed by atoms with van der Waals surface area (Å²) in [5.74, 6) is -0.153. The molecule has 1 atom stereocenters. The van der Waals surface area contributed by atoms with E-state index in [4.69, 9.17) is 0 Å². The number of nitrogens with one attached hydrogen (secondary N) is 1. The van der Waals surface area contributed by atoms with E-state index in [0.717, 1.165) is 16.5 Å². The second-order valence-corrected chi connectivity index (χ2v) is 6.17. The number of aromatic nitrogens is 1. The summed E-state index contributed by atoms with van der Waals surface area (Å²) in [4.78, 5) is 30.5. The average Bonchev–Trinajstić information content (AvgIpc) is 2.72. The van der Waals surface area contributed by atoms with Gasteiger partial charge in [-0.3, -0.25) is 14.7 Å². The number of hydrogen-bond donors (Lipinski definition) is 1. The van der Waals surface area contributed by atoms with Gasteiger partial charge in [-0.1, -0.05) is 38.1 Å². The first-order valence-electron chi connectivity index (χ1n) is 7.40. The molecule has 5 heteroatoms. The minimum atomic E-state index is -0.838. The lowest BCUT2D eigenvalue weighted by atomic mass is 9.88. The summed E-state index contributed by atoms with van der Waals surface area (Å²) in [5, 5.41) is 3.81. The van der Waals surface area contributed by atoms with Crippen LogP contribution in [0.3, 0.4) is 0 Å². The van der Waals surface area contributed by atoms with Crippen LogP contribution in [0, 0.1) is 5.92 Å². The Balaban J connectivity index is 1.96. The number of fused-ring (bicyclic) bond motifs is 1. The van der Waals surface area contributed by atoms with Gasteiger partial charge in [0.2, 0.25) is 0 Å². The fourth-order valence-electron chi connectivity index (χ4n) is 2.72. The molecule has 1 aromatic carbocycles. The third kappa shape index (κ3) is 2.13. The molecular weight excluding hydrogens is 278 g/mol. The van der Waals surface area contributed by atoms with Crippen LogP contribution >= 0.6 is 0 Å². The molecule has 0 aliphatic carbocycles. The Bertz CT molecular complexity index is 751. The zero-order valence-electron chi connectivity index (χ0n) is 13.0. The van der Waals surface area contributed by atoms with Crippen LogP contribution in [0.4, 0.5) is 4.79 Å². The van der Waals surface area contributed by atoms with E-state index < -0.39 is 5.54 Å². The monoisotopic (exact) mass is 297 g/mol. The van der Waals surface area contributed by atoms with E-state index in [1.54, 1.807) is 13.1 Å². The number of amides is 3. The minimum absolute atomic E-state index is 0.0274. The average molecular weight is 297 g/mol.